The number of hydrogen-bond acceptors (Lipinski definition) is 6. The van der Waals surface area contributed by atoms with Crippen LogP contribution in [0.2, 0.25) is 0 Å². The van der Waals surface area contributed by atoms with Gasteiger partial charge >= 0.3 is 0 Å². The molecule has 0 atom stereocenters. The molecule has 0 amide bonds. The molecule has 118 valence electrons. The van der Waals surface area contributed by atoms with Crippen LogP contribution in [0.4, 0.5) is 5.69 Å². The van der Waals surface area contributed by atoms with Crippen LogP contribution in [-0.2, 0) is 0 Å². The van der Waals surface area contributed by atoms with Gasteiger partial charge in [-0.25, -0.2) is 9.38 Å². The van der Waals surface area contributed by atoms with E-state index >= 15 is 0 Å². The lowest BCUT2D eigenvalue weighted by Gasteiger charge is -2.08. The van der Waals surface area contributed by atoms with Gasteiger partial charge in [0.15, 0.2) is 4.96 Å². The Hall–Kier alpha value is -3.26. The van der Waals surface area contributed by atoms with E-state index in [1.165, 1.54) is 16.5 Å². The fraction of sp³-hybridized carbons (Fsp3) is 0. The molecule has 0 aliphatic carbocycles. The third-order valence-electron chi connectivity index (χ3n) is 3.64. The van der Waals surface area contributed by atoms with Gasteiger partial charge in [0.1, 0.15) is 0 Å². The molecule has 8 heteroatoms. The number of thiazole rings is 1. The molecule has 0 aliphatic heterocycles. The Kier molecular flexibility index (Phi) is 3.07. The third kappa shape index (κ3) is 2.12. The van der Waals surface area contributed by atoms with Crippen LogP contribution in [0.25, 0.3) is 22.1 Å². The van der Waals surface area contributed by atoms with Gasteiger partial charge in [-0.1, -0.05) is 29.5 Å². The van der Waals surface area contributed by atoms with Crippen LogP contribution in [0.5, 0.6) is 5.75 Å². The second kappa shape index (κ2) is 5.14. The lowest BCUT2D eigenvalue weighted by molar-refractivity contribution is -0.385. The van der Waals surface area contributed by atoms with Gasteiger partial charge < -0.3 is 5.11 Å². The summed E-state index contributed by atoms with van der Waals surface area (Å²) in [4.78, 5) is 27.8. The molecule has 0 saturated heterocycles. The van der Waals surface area contributed by atoms with Gasteiger partial charge in [-0.15, -0.1) is 5.75 Å². The summed E-state index contributed by atoms with van der Waals surface area (Å²) in [5.41, 5.74) is 1.02. The van der Waals surface area contributed by atoms with E-state index in [0.717, 1.165) is 23.5 Å². The zero-order valence-electron chi connectivity index (χ0n) is 12.0. The van der Waals surface area contributed by atoms with Crippen LogP contribution in [0.15, 0.2) is 47.3 Å². The molecule has 0 radical (unpaired) electrons. The Morgan fingerprint density at radius 1 is 1.21 bits per heavy atom. The number of aromatic nitrogens is 2. The number of non-ortho nitro benzene ring substituents is 1. The maximum absolute atomic E-state index is 12.6. The molecule has 24 heavy (non-hydrogen) atoms. The predicted molar refractivity (Wildman–Crippen MR) is 88.2 cm³/mol. The third-order valence-corrected chi connectivity index (χ3v) is 4.60. The molecule has 0 aliphatic rings. The minimum absolute atomic E-state index is 0.107. The van der Waals surface area contributed by atoms with Crippen molar-refractivity contribution < 1.29 is 10.0 Å². The minimum Gasteiger partial charge on any atom is -0.872 e. The van der Waals surface area contributed by atoms with E-state index in [2.05, 4.69) is 4.98 Å². The fourth-order valence-corrected chi connectivity index (χ4v) is 3.49. The second-order valence-electron chi connectivity index (χ2n) is 5.11. The summed E-state index contributed by atoms with van der Waals surface area (Å²) in [5, 5.41) is 22.7. The van der Waals surface area contributed by atoms with Crippen molar-refractivity contribution in [2.24, 2.45) is 0 Å². The van der Waals surface area contributed by atoms with E-state index in [0.29, 0.717) is 20.5 Å². The van der Waals surface area contributed by atoms with E-state index in [9.17, 15) is 20.0 Å². The number of fused-ring (bicyclic) bond motifs is 3. The molecule has 0 bridgehead atoms. The summed E-state index contributed by atoms with van der Waals surface area (Å²) in [7, 11) is 0. The van der Waals surface area contributed by atoms with Crippen molar-refractivity contribution in [2.45, 2.75) is 0 Å². The first kappa shape index (κ1) is 14.3. The lowest BCUT2D eigenvalue weighted by Crippen LogP contribution is -2.22. The first-order chi connectivity index (χ1) is 11.5. The van der Waals surface area contributed by atoms with Crippen LogP contribution in [0, 0.1) is 10.1 Å². The first-order valence-electron chi connectivity index (χ1n) is 6.92. The Labute approximate surface area is 137 Å². The molecule has 0 fully saturated rings. The van der Waals surface area contributed by atoms with E-state index in [1.807, 2.05) is 18.2 Å². The molecule has 0 N–H and O–H groups in total. The number of para-hydroxylation sites is 2. The maximum atomic E-state index is 12.6. The average molecular weight is 338 g/mol. The number of rotatable bonds is 2. The van der Waals surface area contributed by atoms with Gasteiger partial charge in [0.05, 0.1) is 20.5 Å². The highest BCUT2D eigenvalue weighted by Gasteiger charge is 2.11. The van der Waals surface area contributed by atoms with Gasteiger partial charge in [0, 0.05) is 12.1 Å². The number of benzene rings is 2. The normalized spacial score (nSPS) is 12.2. The van der Waals surface area contributed by atoms with E-state index in [-0.39, 0.29) is 22.6 Å². The smallest absolute Gasteiger partial charge is 0.274 e. The number of imidazole rings is 1. The van der Waals surface area contributed by atoms with E-state index in [4.69, 9.17) is 0 Å². The van der Waals surface area contributed by atoms with Crippen molar-refractivity contribution in [3.8, 4) is 5.75 Å². The number of hydrogen-bond donors (Lipinski definition) is 0. The Bertz CT molecular complexity index is 1230. The van der Waals surface area contributed by atoms with Crippen molar-refractivity contribution in [1.82, 2.24) is 9.38 Å². The van der Waals surface area contributed by atoms with Gasteiger partial charge in [-0.3, -0.25) is 14.9 Å². The second-order valence-corrected chi connectivity index (χ2v) is 6.12. The molecule has 2 aromatic carbocycles. The van der Waals surface area contributed by atoms with Gasteiger partial charge in [-0.05, 0) is 23.8 Å². The standard InChI is InChI=1S/C16H9N3O4S/c20-13-6-5-10(19(22)23)7-9(13)8-14-15(21)18-12-4-2-1-3-11(12)17-16(18)24-14/h1-8,20H/p-1/b14-8-. The summed E-state index contributed by atoms with van der Waals surface area (Å²) in [6.45, 7) is 0. The van der Waals surface area contributed by atoms with Crippen molar-refractivity contribution in [3.05, 3.63) is 73.0 Å². The highest BCUT2D eigenvalue weighted by atomic mass is 32.1. The monoisotopic (exact) mass is 338 g/mol. The molecule has 2 heterocycles. The van der Waals surface area contributed by atoms with Crippen molar-refractivity contribution in [1.29, 1.82) is 0 Å². The molecule has 0 saturated carbocycles. The number of nitro benzene ring substituents is 1. The predicted octanol–water partition coefficient (Wildman–Crippen LogP) is 1.44. The van der Waals surface area contributed by atoms with E-state index < -0.39 is 4.92 Å². The summed E-state index contributed by atoms with van der Waals surface area (Å²) >= 11 is 1.14. The summed E-state index contributed by atoms with van der Waals surface area (Å²) in [6.07, 6.45) is 1.38. The molecule has 0 unspecified atom stereocenters. The summed E-state index contributed by atoms with van der Waals surface area (Å²) < 4.78 is 1.79. The highest BCUT2D eigenvalue weighted by Crippen LogP contribution is 2.22. The average Bonchev–Trinajstić information content (AvgIpc) is 3.06. The van der Waals surface area contributed by atoms with Gasteiger partial charge in [0.2, 0.25) is 0 Å². The quantitative estimate of drug-likeness (QED) is 0.407. The molecule has 2 aromatic heterocycles. The first-order valence-corrected chi connectivity index (χ1v) is 7.73. The molecular weight excluding hydrogens is 330 g/mol. The molecule has 7 nitrogen and oxygen atoms in total. The van der Waals surface area contributed by atoms with Crippen LogP contribution in [0.3, 0.4) is 0 Å². The Balaban J connectivity index is 1.99. The van der Waals surface area contributed by atoms with Gasteiger partial charge in [0.25, 0.3) is 11.2 Å². The molecule has 0 spiro atoms. The van der Waals surface area contributed by atoms with Crippen LogP contribution in [0.1, 0.15) is 5.56 Å². The molecule has 4 aromatic rings. The van der Waals surface area contributed by atoms with Crippen molar-refractivity contribution >= 4 is 39.1 Å². The fourth-order valence-electron chi connectivity index (χ4n) is 2.52. The highest BCUT2D eigenvalue weighted by molar-refractivity contribution is 7.15. The van der Waals surface area contributed by atoms with Crippen LogP contribution >= 0.6 is 11.3 Å². The zero-order chi connectivity index (χ0) is 16.8. The van der Waals surface area contributed by atoms with Crippen LogP contribution < -0.4 is 15.2 Å². The SMILES string of the molecule is O=c1/c(=C/c2cc([N+](=O)[O-])ccc2[O-])sc2nc3ccccc3n12. The molecular formula is C16H8N3O4S-. The van der Waals surface area contributed by atoms with Crippen LogP contribution in [-0.4, -0.2) is 14.3 Å². The van der Waals surface area contributed by atoms with Crippen molar-refractivity contribution in [2.75, 3.05) is 0 Å². The topological polar surface area (TPSA) is 101 Å². The zero-order valence-corrected chi connectivity index (χ0v) is 12.8. The Morgan fingerprint density at radius 3 is 2.79 bits per heavy atom. The summed E-state index contributed by atoms with van der Waals surface area (Å²) in [6, 6.07) is 10.7. The number of nitro groups is 1. The largest absolute Gasteiger partial charge is 0.872 e. The minimum atomic E-state index is -0.580. The molecule has 4 rings (SSSR count). The van der Waals surface area contributed by atoms with Crippen molar-refractivity contribution in [3.63, 3.8) is 0 Å². The summed E-state index contributed by atoms with van der Waals surface area (Å²) in [5.74, 6) is -0.379. The van der Waals surface area contributed by atoms with Gasteiger partial charge in [-0.2, -0.15) is 0 Å². The number of nitrogens with zero attached hydrogens (tertiary/aromatic N) is 3. The lowest BCUT2D eigenvalue weighted by atomic mass is 10.1. The maximum Gasteiger partial charge on any atom is 0.274 e. The van der Waals surface area contributed by atoms with E-state index in [1.54, 1.807) is 6.07 Å². The Morgan fingerprint density at radius 2 is 2.00 bits per heavy atom.